The van der Waals surface area contributed by atoms with Crippen molar-refractivity contribution in [1.82, 2.24) is 25.3 Å². The molecule has 0 saturated carbocycles. The molecule has 0 bridgehead atoms. The molecule has 1 atom stereocenters. The fourth-order valence-electron chi connectivity index (χ4n) is 3.83. The zero-order chi connectivity index (χ0) is 18.3. The molecule has 0 spiro atoms. The molecule has 2 aromatic heterocycles. The Kier molecular flexibility index (Phi) is 4.54. The Morgan fingerprint density at radius 2 is 2.19 bits per heavy atom. The average molecular weight is 373 g/mol. The normalized spacial score (nSPS) is 20.2. The van der Waals surface area contributed by atoms with Crippen LogP contribution >= 0.6 is 11.3 Å². The summed E-state index contributed by atoms with van der Waals surface area (Å²) in [5, 5.41) is 10.1. The maximum absolute atomic E-state index is 13.2. The van der Waals surface area contributed by atoms with Crippen molar-refractivity contribution in [2.75, 3.05) is 27.2 Å². The molecule has 1 saturated heterocycles. The number of rotatable bonds is 3. The number of nitrogens with zero attached hydrogens (tertiary/aromatic N) is 3. The number of fused-ring (bicyclic) bond motifs is 1. The molecule has 0 aliphatic carbocycles. The number of hydrogen-bond donors (Lipinski definition) is 2. The Bertz CT molecular complexity index is 843. The number of carbonyl (C=O) groups is 2. The monoisotopic (exact) mass is 373 g/mol. The molecular weight excluding hydrogens is 350 g/mol. The van der Waals surface area contributed by atoms with Gasteiger partial charge < -0.3 is 15.1 Å². The maximum atomic E-state index is 13.2. The van der Waals surface area contributed by atoms with Gasteiger partial charge in [-0.15, -0.1) is 11.3 Å². The van der Waals surface area contributed by atoms with Crippen molar-refractivity contribution in [2.45, 2.75) is 31.8 Å². The first-order chi connectivity index (χ1) is 12.6. The molecule has 26 heavy (non-hydrogen) atoms. The van der Waals surface area contributed by atoms with Crippen molar-refractivity contribution in [3.8, 4) is 0 Å². The lowest BCUT2D eigenvalue weighted by Gasteiger charge is -2.25. The fraction of sp³-hybridized carbons (Fsp3) is 0.500. The van der Waals surface area contributed by atoms with Crippen LogP contribution in [0.2, 0.25) is 0 Å². The van der Waals surface area contributed by atoms with Crippen LogP contribution in [0.4, 0.5) is 0 Å². The van der Waals surface area contributed by atoms with E-state index in [1.807, 2.05) is 17.0 Å². The van der Waals surface area contributed by atoms with Crippen LogP contribution in [0.15, 0.2) is 12.1 Å². The lowest BCUT2D eigenvalue weighted by molar-refractivity contribution is 0.0729. The van der Waals surface area contributed by atoms with E-state index in [1.165, 1.54) is 11.3 Å². The summed E-state index contributed by atoms with van der Waals surface area (Å²) in [5.41, 5.74) is 2.67. The first kappa shape index (κ1) is 17.2. The van der Waals surface area contributed by atoms with Crippen LogP contribution < -0.4 is 5.32 Å². The van der Waals surface area contributed by atoms with Crippen LogP contribution in [0, 0.1) is 0 Å². The maximum Gasteiger partial charge on any atom is 0.275 e. The molecule has 138 valence electrons. The highest BCUT2D eigenvalue weighted by Crippen LogP contribution is 2.37. The average Bonchev–Trinajstić information content (AvgIpc) is 3.37. The molecule has 7 nitrogen and oxygen atoms in total. The Hall–Kier alpha value is -2.19. The van der Waals surface area contributed by atoms with E-state index in [-0.39, 0.29) is 17.9 Å². The smallest absolute Gasteiger partial charge is 0.275 e. The minimum absolute atomic E-state index is 0.00445. The van der Waals surface area contributed by atoms with E-state index in [4.69, 9.17) is 0 Å². The third-order valence-corrected chi connectivity index (χ3v) is 6.43. The Morgan fingerprint density at radius 3 is 3.00 bits per heavy atom. The third-order valence-electron chi connectivity index (χ3n) is 5.25. The van der Waals surface area contributed by atoms with Gasteiger partial charge in [0.05, 0.1) is 10.9 Å². The van der Waals surface area contributed by atoms with Crippen molar-refractivity contribution < 1.29 is 9.59 Å². The SMILES string of the molecule is CNC(=O)c1ccc([C@@H]2CCCN2C(=O)c2n[nH]c3c2CN(C)CC3)s1. The Balaban J connectivity index is 1.59. The fourth-order valence-corrected chi connectivity index (χ4v) is 4.93. The van der Waals surface area contributed by atoms with E-state index in [0.717, 1.165) is 55.0 Å². The lowest BCUT2D eigenvalue weighted by atomic mass is 10.0. The van der Waals surface area contributed by atoms with Crippen LogP contribution in [0.3, 0.4) is 0 Å². The van der Waals surface area contributed by atoms with Gasteiger partial charge in [-0.2, -0.15) is 5.10 Å². The second kappa shape index (κ2) is 6.85. The van der Waals surface area contributed by atoms with Crippen LogP contribution in [0.25, 0.3) is 0 Å². The van der Waals surface area contributed by atoms with E-state index in [9.17, 15) is 9.59 Å². The molecule has 0 radical (unpaired) electrons. The summed E-state index contributed by atoms with van der Waals surface area (Å²) in [6, 6.07) is 3.84. The molecule has 2 aromatic rings. The molecular formula is C18H23N5O2S. The topological polar surface area (TPSA) is 81.3 Å². The number of aromatic nitrogens is 2. The van der Waals surface area contributed by atoms with E-state index >= 15 is 0 Å². The molecule has 4 heterocycles. The minimum atomic E-state index is -0.0819. The molecule has 2 aliphatic heterocycles. The van der Waals surface area contributed by atoms with Crippen molar-refractivity contribution in [3.63, 3.8) is 0 Å². The Morgan fingerprint density at radius 1 is 1.35 bits per heavy atom. The van der Waals surface area contributed by atoms with E-state index in [1.54, 1.807) is 7.05 Å². The summed E-state index contributed by atoms with van der Waals surface area (Å²) < 4.78 is 0. The summed E-state index contributed by atoms with van der Waals surface area (Å²) in [6.07, 6.45) is 2.79. The second-order valence-electron chi connectivity index (χ2n) is 6.95. The van der Waals surface area contributed by atoms with E-state index in [2.05, 4.69) is 27.5 Å². The number of nitrogens with one attached hydrogen (secondary N) is 2. The summed E-state index contributed by atoms with van der Waals surface area (Å²) in [5.74, 6) is -0.0864. The van der Waals surface area contributed by atoms with Crippen LogP contribution in [-0.2, 0) is 13.0 Å². The predicted octanol–water partition coefficient (Wildman–Crippen LogP) is 1.80. The highest BCUT2D eigenvalue weighted by atomic mass is 32.1. The standard InChI is InChI=1S/C18H23N5O2S/c1-19-17(24)15-6-5-14(26-15)13-4-3-8-23(13)18(25)16-11-10-22(2)9-7-12(11)20-21-16/h5-6,13H,3-4,7-10H2,1-2H3,(H,19,24)(H,20,21)/t13-/m0/s1. The van der Waals surface area contributed by atoms with Crippen LogP contribution in [0.5, 0.6) is 0 Å². The minimum Gasteiger partial charge on any atom is -0.354 e. The largest absolute Gasteiger partial charge is 0.354 e. The molecule has 2 aliphatic rings. The number of aromatic amines is 1. The quantitative estimate of drug-likeness (QED) is 0.860. The van der Waals surface area contributed by atoms with Gasteiger partial charge in [0.25, 0.3) is 11.8 Å². The number of carbonyl (C=O) groups excluding carboxylic acids is 2. The van der Waals surface area contributed by atoms with Crippen molar-refractivity contribution in [2.24, 2.45) is 0 Å². The van der Waals surface area contributed by atoms with Gasteiger partial charge in [-0.3, -0.25) is 14.7 Å². The molecule has 0 aromatic carbocycles. The molecule has 4 rings (SSSR count). The summed E-state index contributed by atoms with van der Waals surface area (Å²) in [4.78, 5) is 30.9. The van der Waals surface area contributed by atoms with Crippen molar-refractivity contribution >= 4 is 23.2 Å². The number of likely N-dealkylation sites (tertiary alicyclic amines) is 1. The molecule has 2 amide bonds. The highest BCUT2D eigenvalue weighted by molar-refractivity contribution is 7.14. The van der Waals surface area contributed by atoms with Gasteiger partial charge >= 0.3 is 0 Å². The van der Waals surface area contributed by atoms with Gasteiger partial charge in [-0.05, 0) is 32.0 Å². The number of H-pyrrole nitrogens is 1. The van der Waals surface area contributed by atoms with Crippen molar-refractivity contribution in [3.05, 3.63) is 38.8 Å². The number of likely N-dealkylation sites (N-methyl/N-ethyl adjacent to an activating group) is 1. The third kappa shape index (κ3) is 2.93. The second-order valence-corrected chi connectivity index (χ2v) is 8.07. The lowest BCUT2D eigenvalue weighted by Crippen LogP contribution is -2.33. The van der Waals surface area contributed by atoms with Crippen LogP contribution in [0.1, 0.15) is 55.2 Å². The van der Waals surface area contributed by atoms with Gasteiger partial charge in [0.15, 0.2) is 5.69 Å². The zero-order valence-corrected chi connectivity index (χ0v) is 15.9. The number of hydrogen-bond acceptors (Lipinski definition) is 5. The van der Waals surface area contributed by atoms with E-state index < -0.39 is 0 Å². The summed E-state index contributed by atoms with van der Waals surface area (Å²) >= 11 is 1.47. The number of thiophene rings is 1. The van der Waals surface area contributed by atoms with Gasteiger partial charge in [0, 0.05) is 49.2 Å². The first-order valence-corrected chi connectivity index (χ1v) is 9.77. The molecule has 8 heteroatoms. The molecule has 1 fully saturated rings. The van der Waals surface area contributed by atoms with Gasteiger partial charge in [0.1, 0.15) is 0 Å². The molecule has 2 N–H and O–H groups in total. The van der Waals surface area contributed by atoms with Crippen LogP contribution in [-0.4, -0.2) is 59.0 Å². The zero-order valence-electron chi connectivity index (χ0n) is 15.0. The van der Waals surface area contributed by atoms with E-state index in [0.29, 0.717) is 10.6 Å². The summed E-state index contributed by atoms with van der Waals surface area (Å²) in [7, 11) is 3.69. The Labute approximate surface area is 156 Å². The van der Waals surface area contributed by atoms with Gasteiger partial charge in [0.2, 0.25) is 0 Å². The van der Waals surface area contributed by atoms with Crippen molar-refractivity contribution in [1.29, 1.82) is 0 Å². The first-order valence-electron chi connectivity index (χ1n) is 8.96. The van der Waals surface area contributed by atoms with Gasteiger partial charge in [-0.25, -0.2) is 0 Å². The highest BCUT2D eigenvalue weighted by Gasteiger charge is 2.35. The predicted molar refractivity (Wildman–Crippen MR) is 99.3 cm³/mol. The summed E-state index contributed by atoms with van der Waals surface area (Å²) in [6.45, 7) is 2.46. The van der Waals surface area contributed by atoms with Gasteiger partial charge in [-0.1, -0.05) is 0 Å². The molecule has 0 unspecified atom stereocenters. The number of amides is 2.